The van der Waals surface area contributed by atoms with Gasteiger partial charge >= 0.3 is 18.0 Å². The predicted molar refractivity (Wildman–Crippen MR) is 114 cm³/mol. The SMILES string of the molecule is CCn1c(C(C)=O)nn(-c2nc(OC(C)C(F)(F)F)c(C(=O)Nc3c(C(F)(F)F)n[nH]c3C)cc2F)c1=O. The Morgan fingerprint density at radius 3 is 2.34 bits per heavy atom. The maximum Gasteiger partial charge on any atom is 0.437 e. The number of ketones is 1. The van der Waals surface area contributed by atoms with E-state index in [-0.39, 0.29) is 16.9 Å². The van der Waals surface area contributed by atoms with Gasteiger partial charge in [-0.3, -0.25) is 19.3 Å². The van der Waals surface area contributed by atoms with E-state index in [2.05, 4.69) is 15.2 Å². The van der Waals surface area contributed by atoms with Gasteiger partial charge in [0.1, 0.15) is 5.56 Å². The van der Waals surface area contributed by atoms with Gasteiger partial charge in [-0.15, -0.1) is 5.10 Å². The first-order valence-corrected chi connectivity index (χ1v) is 10.6. The summed E-state index contributed by atoms with van der Waals surface area (Å²) in [6, 6.07) is 0.309. The van der Waals surface area contributed by atoms with Gasteiger partial charge in [0.25, 0.3) is 5.91 Å². The molecule has 0 fully saturated rings. The number of H-pyrrole nitrogens is 1. The first-order valence-electron chi connectivity index (χ1n) is 10.6. The van der Waals surface area contributed by atoms with E-state index in [0.29, 0.717) is 13.0 Å². The maximum absolute atomic E-state index is 15.1. The van der Waals surface area contributed by atoms with Crippen LogP contribution in [0.5, 0.6) is 5.88 Å². The van der Waals surface area contributed by atoms with Crippen molar-refractivity contribution in [2.45, 2.75) is 52.7 Å². The van der Waals surface area contributed by atoms with Crippen molar-refractivity contribution in [2.75, 3.05) is 5.32 Å². The van der Waals surface area contributed by atoms with E-state index in [4.69, 9.17) is 4.74 Å². The lowest BCUT2D eigenvalue weighted by Crippen LogP contribution is -2.33. The van der Waals surface area contributed by atoms with Crippen molar-refractivity contribution >= 4 is 17.4 Å². The van der Waals surface area contributed by atoms with Crippen LogP contribution in [-0.4, -0.2) is 53.5 Å². The van der Waals surface area contributed by atoms with Crippen molar-refractivity contribution < 1.29 is 45.1 Å². The molecule has 1 atom stereocenters. The Balaban J connectivity index is 2.18. The van der Waals surface area contributed by atoms with Crippen molar-refractivity contribution in [1.82, 2.24) is 29.5 Å². The fourth-order valence-corrected chi connectivity index (χ4v) is 3.15. The highest BCUT2D eigenvalue weighted by molar-refractivity contribution is 6.06. The van der Waals surface area contributed by atoms with Gasteiger partial charge in [0.15, 0.2) is 29.2 Å². The number of halogens is 7. The quantitative estimate of drug-likeness (QED) is 0.338. The summed E-state index contributed by atoms with van der Waals surface area (Å²) in [7, 11) is 0. The number of aromatic nitrogens is 6. The number of hydrogen-bond acceptors (Lipinski definition) is 7. The molecule has 0 spiro atoms. The maximum atomic E-state index is 15.1. The fourth-order valence-electron chi connectivity index (χ4n) is 3.15. The molecule has 0 saturated carbocycles. The van der Waals surface area contributed by atoms with Crippen molar-refractivity contribution in [3.63, 3.8) is 0 Å². The van der Waals surface area contributed by atoms with Crippen molar-refractivity contribution in [3.05, 3.63) is 45.1 Å². The molecule has 0 saturated heterocycles. The number of pyridine rings is 1. The van der Waals surface area contributed by atoms with Gasteiger partial charge in [0.2, 0.25) is 11.7 Å². The summed E-state index contributed by atoms with van der Waals surface area (Å²) >= 11 is 0. The molecule has 0 aliphatic rings. The molecule has 0 radical (unpaired) electrons. The minimum atomic E-state index is -5.03. The molecule has 0 aromatic carbocycles. The highest BCUT2D eigenvalue weighted by Gasteiger charge is 2.41. The lowest BCUT2D eigenvalue weighted by molar-refractivity contribution is -0.190. The normalized spacial score (nSPS) is 12.9. The average molecular weight is 553 g/mol. The van der Waals surface area contributed by atoms with Crippen LogP contribution in [0.1, 0.15) is 53.1 Å². The van der Waals surface area contributed by atoms with Crippen LogP contribution in [0.3, 0.4) is 0 Å². The lowest BCUT2D eigenvalue weighted by atomic mass is 10.2. The Bertz CT molecular complexity index is 1450. The molecule has 2 N–H and O–H groups in total. The smallest absolute Gasteiger partial charge is 0.437 e. The standard InChI is InChI=1S/C20H18F7N7O4/c1-5-33-14(8(3)35)32-34(18(33)37)15-11(21)6-10(17(29-15)38-9(4)19(22,23)24)16(36)28-12-7(2)30-31-13(12)20(25,26)27/h6,9H,5H2,1-4H3,(H,28,36)(H,30,31). The topological polar surface area (TPSA) is 137 Å². The third-order valence-electron chi connectivity index (χ3n) is 5.07. The molecule has 3 rings (SSSR count). The number of nitrogens with zero attached hydrogens (tertiary/aromatic N) is 5. The zero-order valence-electron chi connectivity index (χ0n) is 19.9. The second-order valence-corrected chi connectivity index (χ2v) is 7.79. The number of Topliss-reactive ketones (excluding diaryl/α,β-unsaturated/α-hetero) is 1. The Hall–Kier alpha value is -4.25. The minimum absolute atomic E-state index is 0.0874. The summed E-state index contributed by atoms with van der Waals surface area (Å²) in [6.45, 7) is 4.08. The molecule has 0 bridgehead atoms. The molecule has 11 nitrogen and oxygen atoms in total. The largest absolute Gasteiger partial charge is 0.464 e. The highest BCUT2D eigenvalue weighted by Crippen LogP contribution is 2.35. The fraction of sp³-hybridized carbons (Fsp3) is 0.400. The molecule has 3 aromatic rings. The third kappa shape index (κ3) is 5.37. The molecule has 1 amide bonds. The van der Waals surface area contributed by atoms with Crippen LogP contribution in [0.25, 0.3) is 5.82 Å². The van der Waals surface area contributed by atoms with Gasteiger partial charge in [0.05, 0.1) is 11.4 Å². The molecule has 0 aliphatic carbocycles. The predicted octanol–water partition coefficient (Wildman–Crippen LogP) is 3.42. The number of ether oxygens (including phenoxy) is 1. The molecular formula is C20H18F7N7O4. The second-order valence-electron chi connectivity index (χ2n) is 7.79. The Kier molecular flexibility index (Phi) is 7.38. The van der Waals surface area contributed by atoms with E-state index < -0.39 is 76.1 Å². The van der Waals surface area contributed by atoms with E-state index in [1.165, 1.54) is 6.92 Å². The van der Waals surface area contributed by atoms with Gasteiger partial charge < -0.3 is 10.1 Å². The van der Waals surface area contributed by atoms with Crippen LogP contribution in [0.2, 0.25) is 0 Å². The average Bonchev–Trinajstić information content (AvgIpc) is 3.33. The van der Waals surface area contributed by atoms with Gasteiger partial charge in [-0.25, -0.2) is 9.18 Å². The summed E-state index contributed by atoms with van der Waals surface area (Å²) < 4.78 is 100. The first kappa shape index (κ1) is 28.3. The third-order valence-corrected chi connectivity index (χ3v) is 5.07. The Morgan fingerprint density at radius 2 is 1.84 bits per heavy atom. The van der Waals surface area contributed by atoms with Crippen molar-refractivity contribution in [2.24, 2.45) is 0 Å². The van der Waals surface area contributed by atoms with Crippen LogP contribution in [0, 0.1) is 12.7 Å². The van der Waals surface area contributed by atoms with E-state index in [9.17, 15) is 40.7 Å². The molecular weight excluding hydrogens is 535 g/mol. The van der Waals surface area contributed by atoms with Crippen LogP contribution in [0.4, 0.5) is 36.4 Å². The summed E-state index contributed by atoms with van der Waals surface area (Å²) in [5, 5.41) is 10.5. The number of hydrogen-bond donors (Lipinski definition) is 2. The molecule has 0 aliphatic heterocycles. The molecule has 38 heavy (non-hydrogen) atoms. The summed E-state index contributed by atoms with van der Waals surface area (Å²) in [4.78, 5) is 40.8. The second kappa shape index (κ2) is 9.90. The molecule has 1 unspecified atom stereocenters. The number of carbonyl (C=O) groups excluding carboxylic acids is 2. The number of aromatic amines is 1. The van der Waals surface area contributed by atoms with Gasteiger partial charge in [-0.05, 0) is 26.8 Å². The number of amides is 1. The van der Waals surface area contributed by atoms with Gasteiger partial charge in [-0.1, -0.05) is 0 Å². The van der Waals surface area contributed by atoms with E-state index in [1.807, 2.05) is 10.4 Å². The number of anilines is 1. The molecule has 18 heteroatoms. The highest BCUT2D eigenvalue weighted by atomic mass is 19.4. The van der Waals surface area contributed by atoms with Gasteiger partial charge in [0, 0.05) is 13.5 Å². The van der Waals surface area contributed by atoms with Gasteiger partial charge in [-0.2, -0.15) is 41.1 Å². The Labute approximate surface area is 207 Å². The summed E-state index contributed by atoms with van der Waals surface area (Å²) in [6.07, 6.45) is -12.7. The summed E-state index contributed by atoms with van der Waals surface area (Å²) in [5.74, 6) is -6.33. The van der Waals surface area contributed by atoms with Crippen LogP contribution in [0.15, 0.2) is 10.9 Å². The van der Waals surface area contributed by atoms with E-state index in [1.54, 1.807) is 0 Å². The van der Waals surface area contributed by atoms with Crippen LogP contribution < -0.4 is 15.7 Å². The number of alkyl halides is 6. The number of nitrogens with one attached hydrogen (secondary N) is 2. The lowest BCUT2D eigenvalue weighted by Gasteiger charge is -2.19. The minimum Gasteiger partial charge on any atom is -0.464 e. The molecule has 3 heterocycles. The zero-order valence-corrected chi connectivity index (χ0v) is 19.9. The number of carbonyl (C=O) groups is 2. The van der Waals surface area contributed by atoms with E-state index in [0.717, 1.165) is 18.4 Å². The van der Waals surface area contributed by atoms with Crippen LogP contribution in [-0.2, 0) is 12.7 Å². The number of aryl methyl sites for hydroxylation is 1. The summed E-state index contributed by atoms with van der Waals surface area (Å²) in [5.41, 5.74) is -4.81. The van der Waals surface area contributed by atoms with Crippen molar-refractivity contribution in [3.8, 4) is 11.7 Å². The zero-order chi connectivity index (χ0) is 28.7. The molecule has 206 valence electrons. The Morgan fingerprint density at radius 1 is 1.21 bits per heavy atom. The van der Waals surface area contributed by atoms with E-state index >= 15 is 4.39 Å². The molecule has 3 aromatic heterocycles. The number of rotatable bonds is 7. The van der Waals surface area contributed by atoms with Crippen molar-refractivity contribution in [1.29, 1.82) is 0 Å². The van der Waals surface area contributed by atoms with Crippen LogP contribution >= 0.6 is 0 Å². The first-order chi connectivity index (χ1) is 17.5. The monoisotopic (exact) mass is 553 g/mol.